The van der Waals surface area contributed by atoms with Gasteiger partial charge < -0.3 is 19.5 Å². The minimum absolute atomic E-state index is 0.0790. The Morgan fingerprint density at radius 1 is 1.29 bits per heavy atom. The highest BCUT2D eigenvalue weighted by atomic mass is 16.5. The van der Waals surface area contributed by atoms with Gasteiger partial charge in [0.2, 0.25) is 0 Å². The quantitative estimate of drug-likeness (QED) is 0.913. The van der Waals surface area contributed by atoms with Crippen molar-refractivity contribution in [2.24, 2.45) is 5.92 Å². The number of fused-ring (bicyclic) bond motifs is 1. The van der Waals surface area contributed by atoms with Crippen molar-refractivity contribution in [3.8, 4) is 11.5 Å². The van der Waals surface area contributed by atoms with E-state index in [1.807, 2.05) is 12.1 Å². The molecule has 1 aromatic carbocycles. The Labute approximate surface area is 143 Å². The third-order valence-corrected chi connectivity index (χ3v) is 6.07. The van der Waals surface area contributed by atoms with Crippen LogP contribution in [0.3, 0.4) is 0 Å². The lowest BCUT2D eigenvalue weighted by Crippen LogP contribution is -2.52. The second-order valence-corrected chi connectivity index (χ2v) is 7.20. The Kier molecular flexibility index (Phi) is 4.58. The normalized spacial score (nSPS) is 33.1. The van der Waals surface area contributed by atoms with E-state index >= 15 is 0 Å². The number of carbonyl (C=O) groups is 1. The lowest BCUT2D eigenvalue weighted by Gasteiger charge is -2.46. The fourth-order valence-corrected chi connectivity index (χ4v) is 4.70. The first-order chi connectivity index (χ1) is 11.4. The molecule has 2 fully saturated rings. The van der Waals surface area contributed by atoms with E-state index in [4.69, 9.17) is 9.47 Å². The van der Waals surface area contributed by atoms with Gasteiger partial charge in [0.15, 0.2) is 11.5 Å². The van der Waals surface area contributed by atoms with E-state index in [1.54, 1.807) is 21.1 Å². The number of likely N-dealkylation sites (N-methyl/N-ethyl adjacent to an activating group) is 1. The molecular weight excluding hydrogens is 306 g/mol. The number of aliphatic hydroxyl groups excluding tert-OH is 1. The summed E-state index contributed by atoms with van der Waals surface area (Å²) < 4.78 is 10.8. The number of carbonyl (C=O) groups excluding carboxylic acids is 1. The molecule has 0 unspecified atom stereocenters. The Morgan fingerprint density at radius 2 is 2.00 bits per heavy atom. The van der Waals surface area contributed by atoms with Crippen molar-refractivity contribution in [2.75, 3.05) is 27.8 Å². The number of hydrogen-bond acceptors (Lipinski definition) is 5. The molecule has 1 heterocycles. The Balaban J connectivity index is 2.06. The van der Waals surface area contributed by atoms with Crippen molar-refractivity contribution in [1.82, 2.24) is 4.90 Å². The summed E-state index contributed by atoms with van der Waals surface area (Å²) in [4.78, 5) is 14.4. The van der Waals surface area contributed by atoms with Crippen LogP contribution in [0.1, 0.15) is 31.7 Å². The third kappa shape index (κ3) is 2.60. The van der Waals surface area contributed by atoms with Crippen LogP contribution in [0.5, 0.6) is 11.5 Å². The molecule has 0 aromatic heterocycles. The van der Waals surface area contributed by atoms with E-state index in [0.717, 1.165) is 13.0 Å². The zero-order valence-corrected chi connectivity index (χ0v) is 14.9. The Morgan fingerprint density at radius 3 is 2.62 bits per heavy atom. The molecule has 0 spiro atoms. The predicted molar refractivity (Wildman–Crippen MR) is 91.7 cm³/mol. The van der Waals surface area contributed by atoms with E-state index in [0.29, 0.717) is 24.3 Å². The van der Waals surface area contributed by atoms with Gasteiger partial charge in [-0.1, -0.05) is 6.07 Å². The number of benzene rings is 1. The van der Waals surface area contributed by atoms with Gasteiger partial charge in [-0.05, 0) is 57.5 Å². The molecule has 1 saturated heterocycles. The van der Waals surface area contributed by atoms with Gasteiger partial charge in [0.25, 0.3) is 0 Å². The zero-order valence-electron chi connectivity index (χ0n) is 14.9. The van der Waals surface area contributed by atoms with Crippen molar-refractivity contribution < 1.29 is 19.4 Å². The summed E-state index contributed by atoms with van der Waals surface area (Å²) in [6.07, 6.45) is 1.75. The number of rotatable bonds is 4. The molecule has 1 saturated carbocycles. The summed E-state index contributed by atoms with van der Waals surface area (Å²) in [6, 6.07) is 6.30. The summed E-state index contributed by atoms with van der Waals surface area (Å²) in [5, 5.41) is 10.5. The van der Waals surface area contributed by atoms with E-state index in [-0.39, 0.29) is 23.2 Å². The maximum Gasteiger partial charge on any atom is 0.161 e. The van der Waals surface area contributed by atoms with E-state index < -0.39 is 6.10 Å². The molecule has 1 aromatic rings. The van der Waals surface area contributed by atoms with Crippen LogP contribution >= 0.6 is 0 Å². The van der Waals surface area contributed by atoms with Crippen LogP contribution in [-0.4, -0.2) is 55.7 Å². The lowest BCUT2D eigenvalue weighted by molar-refractivity contribution is -0.128. The summed E-state index contributed by atoms with van der Waals surface area (Å²) in [6.45, 7) is 2.56. The van der Waals surface area contributed by atoms with Crippen LogP contribution in [0.15, 0.2) is 18.2 Å². The van der Waals surface area contributed by atoms with E-state index in [2.05, 4.69) is 18.0 Å². The smallest absolute Gasteiger partial charge is 0.161 e. The summed E-state index contributed by atoms with van der Waals surface area (Å²) >= 11 is 0. The molecule has 0 radical (unpaired) electrons. The first-order valence-electron chi connectivity index (χ1n) is 8.54. The van der Waals surface area contributed by atoms with E-state index in [9.17, 15) is 9.90 Å². The van der Waals surface area contributed by atoms with Crippen LogP contribution in [0, 0.1) is 5.92 Å². The highest BCUT2D eigenvalue weighted by Crippen LogP contribution is 2.51. The second kappa shape index (κ2) is 6.37. The molecule has 3 rings (SSSR count). The minimum atomic E-state index is -0.554. The number of likely N-dealkylation sites (tertiary alicyclic amines) is 1. The van der Waals surface area contributed by atoms with Gasteiger partial charge in [0.1, 0.15) is 5.78 Å². The number of ether oxygens (including phenoxy) is 2. The Bertz CT molecular complexity index is 632. The third-order valence-electron chi connectivity index (χ3n) is 6.07. The van der Waals surface area contributed by atoms with Gasteiger partial charge >= 0.3 is 0 Å². The van der Waals surface area contributed by atoms with Crippen LogP contribution in [0.4, 0.5) is 0 Å². The van der Waals surface area contributed by atoms with Crippen molar-refractivity contribution in [2.45, 2.75) is 43.7 Å². The van der Waals surface area contributed by atoms with Crippen LogP contribution in [-0.2, 0) is 10.2 Å². The van der Waals surface area contributed by atoms with Gasteiger partial charge in [-0.25, -0.2) is 0 Å². The van der Waals surface area contributed by atoms with Crippen LogP contribution < -0.4 is 9.47 Å². The monoisotopic (exact) mass is 333 g/mol. The second-order valence-electron chi connectivity index (χ2n) is 7.20. The molecule has 4 atom stereocenters. The van der Waals surface area contributed by atoms with Gasteiger partial charge in [-0.2, -0.15) is 0 Å². The number of aliphatic hydroxyl groups is 1. The largest absolute Gasteiger partial charge is 0.493 e. The highest BCUT2D eigenvalue weighted by Gasteiger charge is 2.54. The number of methoxy groups -OCH3 is 2. The molecule has 1 aliphatic heterocycles. The zero-order chi connectivity index (χ0) is 17.5. The fraction of sp³-hybridized carbons (Fsp3) is 0.632. The molecule has 1 N–H and O–H groups in total. The molecular formula is C19H27NO4. The van der Waals surface area contributed by atoms with E-state index in [1.165, 1.54) is 5.56 Å². The Hall–Kier alpha value is -1.59. The molecule has 132 valence electrons. The molecule has 24 heavy (non-hydrogen) atoms. The standard InChI is InChI=1S/C19H27NO4/c1-12(21)14-11-19(7-8-20(2)18(19)10-15(14)22)13-5-6-16(23-3)17(9-13)24-4/h5-6,9,14-15,18,22H,7-8,10-11H2,1-4H3/t14-,15-,18+,19-/m1/s1. The fourth-order valence-electron chi connectivity index (χ4n) is 4.70. The first-order valence-corrected chi connectivity index (χ1v) is 8.54. The molecule has 0 amide bonds. The maximum atomic E-state index is 12.1. The SMILES string of the molecule is COc1ccc([C@]23CCN(C)[C@H]2C[C@@H](O)[C@@H](C(C)=O)C3)cc1OC. The molecule has 2 aliphatic rings. The summed E-state index contributed by atoms with van der Waals surface area (Å²) in [5.41, 5.74) is 1.05. The molecule has 0 bridgehead atoms. The highest BCUT2D eigenvalue weighted by molar-refractivity contribution is 5.79. The number of hydrogen-bond donors (Lipinski definition) is 1. The van der Waals surface area contributed by atoms with Crippen molar-refractivity contribution >= 4 is 5.78 Å². The topological polar surface area (TPSA) is 59.0 Å². The van der Waals surface area contributed by atoms with Crippen molar-refractivity contribution in [3.05, 3.63) is 23.8 Å². The molecule has 5 nitrogen and oxygen atoms in total. The molecule has 5 heteroatoms. The summed E-state index contributed by atoms with van der Waals surface area (Å²) in [5.74, 6) is 1.21. The van der Waals surface area contributed by atoms with Gasteiger partial charge in [-0.3, -0.25) is 4.79 Å². The summed E-state index contributed by atoms with van der Waals surface area (Å²) in [7, 11) is 5.37. The number of Topliss-reactive ketones (excluding diaryl/α,β-unsaturated/α-hetero) is 1. The maximum absolute atomic E-state index is 12.1. The predicted octanol–water partition coefficient (Wildman–Crippen LogP) is 2.01. The van der Waals surface area contributed by atoms with Gasteiger partial charge in [-0.15, -0.1) is 0 Å². The van der Waals surface area contributed by atoms with Crippen LogP contribution in [0.2, 0.25) is 0 Å². The first kappa shape index (κ1) is 17.2. The van der Waals surface area contributed by atoms with Crippen LogP contribution in [0.25, 0.3) is 0 Å². The van der Waals surface area contributed by atoms with Gasteiger partial charge in [0.05, 0.1) is 20.3 Å². The molecule has 1 aliphatic carbocycles. The number of ketones is 1. The minimum Gasteiger partial charge on any atom is -0.493 e. The van der Waals surface area contributed by atoms with Crippen molar-refractivity contribution in [3.63, 3.8) is 0 Å². The van der Waals surface area contributed by atoms with Gasteiger partial charge in [0, 0.05) is 17.4 Å². The number of nitrogens with zero attached hydrogens (tertiary/aromatic N) is 1. The lowest BCUT2D eigenvalue weighted by atomic mass is 9.61. The average Bonchev–Trinajstić information content (AvgIpc) is 2.91. The average molecular weight is 333 g/mol. The van der Waals surface area contributed by atoms with Crippen molar-refractivity contribution in [1.29, 1.82) is 0 Å².